The summed E-state index contributed by atoms with van der Waals surface area (Å²) in [7, 11) is 0. The molecule has 1 heteroatoms. The molecule has 1 radical (unpaired) electrons. The lowest BCUT2D eigenvalue weighted by atomic mass is 10.1. The molecule has 2 rings (SSSR count). The maximum absolute atomic E-state index is 2.48. The molecule has 0 bridgehead atoms. The number of piperidine rings is 1. The van der Waals surface area contributed by atoms with Crippen molar-refractivity contribution in [2.75, 3.05) is 13.1 Å². The van der Waals surface area contributed by atoms with E-state index in [1.54, 1.807) is 0 Å². The van der Waals surface area contributed by atoms with Crippen molar-refractivity contribution in [3.63, 3.8) is 0 Å². The van der Waals surface area contributed by atoms with Crippen LogP contribution in [-0.2, 0) is 0 Å². The van der Waals surface area contributed by atoms with Gasteiger partial charge in [-0.2, -0.15) is 0 Å². The molecule has 0 amide bonds. The Morgan fingerprint density at radius 1 is 0.833 bits per heavy atom. The quantitative estimate of drug-likeness (QED) is 0.558. The average Bonchev–Trinajstić information content (AvgIpc) is 2.21. The average molecular weight is 161 g/mol. The van der Waals surface area contributed by atoms with Crippen LogP contribution in [0.25, 0.3) is 0 Å². The Bertz CT molecular complexity index is 224. The predicted octanol–water partition coefficient (Wildman–Crippen LogP) is 2.64. The molecule has 1 aromatic carbocycles. The summed E-state index contributed by atoms with van der Waals surface area (Å²) in [6.45, 7) is 2.48. The highest BCUT2D eigenvalue weighted by Gasteiger charge is 2.20. The first-order chi connectivity index (χ1) is 5.97. The van der Waals surface area contributed by atoms with E-state index in [4.69, 9.17) is 0 Å². The zero-order valence-electron chi connectivity index (χ0n) is 7.37. The SMILES string of the molecule is c1ccc([N+]2CCCCC2)cc1. The van der Waals surface area contributed by atoms with Crippen LogP contribution in [0, 0.1) is 0 Å². The van der Waals surface area contributed by atoms with Crippen molar-refractivity contribution in [2.45, 2.75) is 19.3 Å². The maximum atomic E-state index is 2.48. The lowest BCUT2D eigenvalue weighted by Crippen LogP contribution is -2.30. The molecule has 1 saturated heterocycles. The predicted molar refractivity (Wildman–Crippen MR) is 51.8 cm³/mol. The molecule has 0 atom stereocenters. The fourth-order valence-electron chi connectivity index (χ4n) is 1.79. The second-order valence-corrected chi connectivity index (χ2v) is 3.38. The van der Waals surface area contributed by atoms with Crippen molar-refractivity contribution in [1.29, 1.82) is 0 Å². The van der Waals surface area contributed by atoms with E-state index in [-0.39, 0.29) is 0 Å². The molecule has 0 N–H and O–H groups in total. The van der Waals surface area contributed by atoms with Crippen LogP contribution in [0.3, 0.4) is 0 Å². The van der Waals surface area contributed by atoms with Crippen LogP contribution in [-0.4, -0.2) is 13.1 Å². The Kier molecular flexibility index (Phi) is 2.42. The summed E-state index contributed by atoms with van der Waals surface area (Å²) < 4.78 is 0. The molecule has 12 heavy (non-hydrogen) atoms. The van der Waals surface area contributed by atoms with Crippen LogP contribution in [0.4, 0.5) is 5.69 Å². The Labute approximate surface area is 74.0 Å². The van der Waals surface area contributed by atoms with Crippen molar-refractivity contribution in [3.8, 4) is 0 Å². The van der Waals surface area contributed by atoms with Crippen LogP contribution >= 0.6 is 0 Å². The number of benzene rings is 1. The molecule has 0 aliphatic carbocycles. The minimum absolute atomic E-state index is 1.24. The van der Waals surface area contributed by atoms with Gasteiger partial charge in [-0.1, -0.05) is 18.2 Å². The summed E-state index contributed by atoms with van der Waals surface area (Å²) in [5, 5.41) is 0. The molecular formula is C11H15N+. The Morgan fingerprint density at radius 3 is 2.17 bits per heavy atom. The summed E-state index contributed by atoms with van der Waals surface area (Å²) in [4.78, 5) is 2.48. The number of para-hydroxylation sites is 1. The van der Waals surface area contributed by atoms with Gasteiger partial charge in [0.1, 0.15) is 13.1 Å². The van der Waals surface area contributed by atoms with Gasteiger partial charge in [0.25, 0.3) is 0 Å². The number of hydrogen-bond donors (Lipinski definition) is 0. The fourth-order valence-corrected chi connectivity index (χ4v) is 1.79. The van der Waals surface area contributed by atoms with Gasteiger partial charge in [-0.25, -0.2) is 0 Å². The summed E-state index contributed by atoms with van der Waals surface area (Å²) in [6, 6.07) is 10.7. The highest BCUT2D eigenvalue weighted by atomic mass is 15.1. The van der Waals surface area contributed by atoms with Gasteiger partial charge >= 0.3 is 0 Å². The largest absolute Gasteiger partial charge is 0.180 e. The first-order valence-electron chi connectivity index (χ1n) is 4.77. The van der Waals surface area contributed by atoms with Crippen LogP contribution in [0.15, 0.2) is 30.3 Å². The van der Waals surface area contributed by atoms with Crippen molar-refractivity contribution < 1.29 is 0 Å². The van der Waals surface area contributed by atoms with Crippen LogP contribution in [0.5, 0.6) is 0 Å². The smallest absolute Gasteiger partial charge is 0.134 e. The summed E-state index contributed by atoms with van der Waals surface area (Å²) in [5.74, 6) is 0. The Balaban J connectivity index is 2.08. The van der Waals surface area contributed by atoms with Crippen LogP contribution < -0.4 is 4.90 Å². The van der Waals surface area contributed by atoms with Gasteiger partial charge < -0.3 is 0 Å². The third-order valence-electron chi connectivity index (χ3n) is 2.48. The van der Waals surface area contributed by atoms with Gasteiger partial charge in [0.2, 0.25) is 0 Å². The molecule has 1 aromatic rings. The van der Waals surface area contributed by atoms with E-state index < -0.39 is 0 Å². The van der Waals surface area contributed by atoms with Gasteiger partial charge in [0, 0.05) is 25.0 Å². The number of rotatable bonds is 1. The Hall–Kier alpha value is -0.820. The number of anilines is 1. The van der Waals surface area contributed by atoms with Crippen molar-refractivity contribution in [2.24, 2.45) is 0 Å². The van der Waals surface area contributed by atoms with Crippen molar-refractivity contribution >= 4 is 5.69 Å². The van der Waals surface area contributed by atoms with E-state index >= 15 is 0 Å². The van der Waals surface area contributed by atoms with Gasteiger partial charge in [-0.05, 0) is 6.42 Å². The lowest BCUT2D eigenvalue weighted by Gasteiger charge is -2.15. The third-order valence-corrected chi connectivity index (χ3v) is 2.48. The van der Waals surface area contributed by atoms with E-state index in [1.165, 1.54) is 38.0 Å². The monoisotopic (exact) mass is 161 g/mol. The molecule has 1 heterocycles. The second kappa shape index (κ2) is 3.72. The second-order valence-electron chi connectivity index (χ2n) is 3.38. The molecule has 0 unspecified atom stereocenters. The molecule has 1 aliphatic heterocycles. The first-order valence-corrected chi connectivity index (χ1v) is 4.77. The summed E-state index contributed by atoms with van der Waals surface area (Å²) in [6.07, 6.45) is 4.12. The molecular weight excluding hydrogens is 146 g/mol. The highest BCUT2D eigenvalue weighted by molar-refractivity contribution is 5.38. The number of nitrogens with zero attached hydrogens (tertiary/aromatic N) is 1. The van der Waals surface area contributed by atoms with E-state index in [0.717, 1.165) is 0 Å². The van der Waals surface area contributed by atoms with Crippen LogP contribution in [0.1, 0.15) is 19.3 Å². The fraction of sp³-hybridized carbons (Fsp3) is 0.455. The minimum atomic E-state index is 1.24. The first kappa shape index (κ1) is 7.81. The molecule has 63 valence electrons. The minimum Gasteiger partial charge on any atom is -0.134 e. The molecule has 0 aromatic heterocycles. The number of hydrogen-bond acceptors (Lipinski definition) is 1. The van der Waals surface area contributed by atoms with E-state index in [0.29, 0.717) is 0 Å². The van der Waals surface area contributed by atoms with Gasteiger partial charge in [-0.3, -0.25) is 0 Å². The topological polar surface area (TPSA) is 5.90 Å². The van der Waals surface area contributed by atoms with Gasteiger partial charge in [0.05, 0.1) is 0 Å². The zero-order chi connectivity index (χ0) is 8.23. The molecule has 0 spiro atoms. The van der Waals surface area contributed by atoms with Crippen LogP contribution in [0.2, 0.25) is 0 Å². The standard InChI is InChI=1S/C11H15N/c1-3-7-11(8-4-1)12-9-5-2-6-10-12/h1,3-4,7-8H,2,5-6,9-10H2/q+1. The maximum Gasteiger partial charge on any atom is 0.180 e. The van der Waals surface area contributed by atoms with E-state index in [9.17, 15) is 0 Å². The normalized spacial score (nSPS) is 19.3. The van der Waals surface area contributed by atoms with Crippen molar-refractivity contribution in [3.05, 3.63) is 30.3 Å². The van der Waals surface area contributed by atoms with E-state index in [2.05, 4.69) is 35.2 Å². The summed E-state index contributed by atoms with van der Waals surface area (Å²) >= 11 is 0. The van der Waals surface area contributed by atoms with Crippen molar-refractivity contribution in [1.82, 2.24) is 4.90 Å². The highest BCUT2D eigenvalue weighted by Crippen LogP contribution is 2.17. The zero-order valence-corrected chi connectivity index (χ0v) is 7.37. The summed E-state index contributed by atoms with van der Waals surface area (Å²) in [5.41, 5.74) is 1.39. The molecule has 1 fully saturated rings. The molecule has 0 saturated carbocycles. The molecule has 1 nitrogen and oxygen atoms in total. The van der Waals surface area contributed by atoms with E-state index in [1.807, 2.05) is 0 Å². The third kappa shape index (κ3) is 1.67. The Morgan fingerprint density at radius 2 is 1.50 bits per heavy atom. The molecule has 1 aliphatic rings. The van der Waals surface area contributed by atoms with Gasteiger partial charge in [-0.15, -0.1) is 4.90 Å². The lowest BCUT2D eigenvalue weighted by molar-refractivity contribution is 0.424. The van der Waals surface area contributed by atoms with Gasteiger partial charge in [0.15, 0.2) is 5.69 Å².